The average Bonchev–Trinajstić information content (AvgIpc) is 2.72. The molecule has 0 bridgehead atoms. The Bertz CT molecular complexity index is 1080. The zero-order valence-electron chi connectivity index (χ0n) is 15.4. The third-order valence-corrected chi connectivity index (χ3v) is 4.62. The Balaban J connectivity index is 1.69. The molecule has 29 heavy (non-hydrogen) atoms. The summed E-state index contributed by atoms with van der Waals surface area (Å²) in [7, 11) is 0. The highest BCUT2D eigenvalue weighted by molar-refractivity contribution is 9.10. The van der Waals surface area contributed by atoms with Crippen molar-refractivity contribution in [3.05, 3.63) is 99.8 Å². The third kappa shape index (κ3) is 5.36. The largest absolute Gasteiger partial charge is 0.322 e. The molecule has 0 aromatic heterocycles. The van der Waals surface area contributed by atoms with Crippen LogP contribution in [-0.2, 0) is 0 Å². The summed E-state index contributed by atoms with van der Waals surface area (Å²) in [6.07, 6.45) is 0. The Kier molecular flexibility index (Phi) is 6.51. The molecule has 146 valence electrons. The average molecular weight is 454 g/mol. The van der Waals surface area contributed by atoms with Crippen LogP contribution in [0.3, 0.4) is 0 Å². The number of carbonyl (C=O) groups is 2. The van der Waals surface area contributed by atoms with Gasteiger partial charge in [0.1, 0.15) is 5.82 Å². The lowest BCUT2D eigenvalue weighted by Crippen LogP contribution is -2.20. The van der Waals surface area contributed by atoms with E-state index >= 15 is 0 Å². The predicted molar refractivity (Wildman–Crippen MR) is 115 cm³/mol. The number of hydrazone groups is 1. The van der Waals surface area contributed by atoms with Gasteiger partial charge in [-0.15, -0.1) is 0 Å². The summed E-state index contributed by atoms with van der Waals surface area (Å²) in [5, 5.41) is 6.71. The van der Waals surface area contributed by atoms with Crippen molar-refractivity contribution in [2.24, 2.45) is 5.10 Å². The first-order chi connectivity index (χ1) is 13.9. The van der Waals surface area contributed by atoms with Gasteiger partial charge in [-0.1, -0.05) is 46.3 Å². The lowest BCUT2D eigenvalue weighted by atomic mass is 10.1. The van der Waals surface area contributed by atoms with Gasteiger partial charge in [0.2, 0.25) is 0 Å². The molecule has 2 amide bonds. The van der Waals surface area contributed by atoms with Crippen LogP contribution in [-0.4, -0.2) is 17.5 Å². The maximum absolute atomic E-state index is 13.7. The molecule has 0 unspecified atom stereocenters. The molecule has 0 radical (unpaired) electrons. The molecule has 0 aliphatic carbocycles. The van der Waals surface area contributed by atoms with E-state index in [2.05, 4.69) is 31.8 Å². The van der Waals surface area contributed by atoms with E-state index in [9.17, 15) is 14.0 Å². The fraction of sp³-hybridized carbons (Fsp3) is 0.0455. The van der Waals surface area contributed by atoms with Crippen molar-refractivity contribution in [2.75, 3.05) is 5.32 Å². The molecule has 0 spiro atoms. The highest BCUT2D eigenvalue weighted by Crippen LogP contribution is 2.14. The van der Waals surface area contributed by atoms with Gasteiger partial charge in [0.15, 0.2) is 0 Å². The maximum Gasteiger partial charge on any atom is 0.271 e. The number of carbonyl (C=O) groups excluding carboxylic acids is 2. The van der Waals surface area contributed by atoms with Crippen LogP contribution in [0.25, 0.3) is 0 Å². The van der Waals surface area contributed by atoms with Crippen molar-refractivity contribution in [2.45, 2.75) is 6.92 Å². The van der Waals surface area contributed by atoms with Crippen molar-refractivity contribution < 1.29 is 14.0 Å². The minimum absolute atomic E-state index is 0.0722. The van der Waals surface area contributed by atoms with Crippen LogP contribution < -0.4 is 10.7 Å². The number of benzene rings is 3. The summed E-state index contributed by atoms with van der Waals surface area (Å²) < 4.78 is 14.7. The van der Waals surface area contributed by atoms with Crippen LogP contribution in [0.5, 0.6) is 0 Å². The SMILES string of the molecule is C/C(=N\NC(=O)c1cccc(NC(=O)c2ccccc2F)c1)c1ccc(Br)cc1. The quantitative estimate of drug-likeness (QED) is 0.421. The second-order valence-corrected chi connectivity index (χ2v) is 7.08. The Labute approximate surface area is 175 Å². The fourth-order valence-corrected chi connectivity index (χ4v) is 2.80. The van der Waals surface area contributed by atoms with Crippen molar-refractivity contribution in [1.82, 2.24) is 5.43 Å². The molecule has 0 atom stereocenters. The number of nitrogens with zero attached hydrogens (tertiary/aromatic N) is 1. The first-order valence-corrected chi connectivity index (χ1v) is 9.50. The molecule has 0 fully saturated rings. The van der Waals surface area contributed by atoms with Gasteiger partial charge in [0, 0.05) is 15.7 Å². The summed E-state index contributed by atoms with van der Waals surface area (Å²) in [5.74, 6) is -1.63. The second-order valence-electron chi connectivity index (χ2n) is 6.16. The van der Waals surface area contributed by atoms with Crippen LogP contribution in [0.2, 0.25) is 0 Å². The summed E-state index contributed by atoms with van der Waals surface area (Å²) in [4.78, 5) is 24.6. The minimum atomic E-state index is -0.614. The Hall–Kier alpha value is -3.32. The third-order valence-electron chi connectivity index (χ3n) is 4.09. The summed E-state index contributed by atoms with van der Waals surface area (Å²) in [6.45, 7) is 1.79. The maximum atomic E-state index is 13.7. The lowest BCUT2D eigenvalue weighted by molar-refractivity contribution is 0.0953. The highest BCUT2D eigenvalue weighted by Gasteiger charge is 2.12. The van der Waals surface area contributed by atoms with Gasteiger partial charge in [-0.25, -0.2) is 9.82 Å². The minimum Gasteiger partial charge on any atom is -0.322 e. The molecule has 5 nitrogen and oxygen atoms in total. The van der Waals surface area contributed by atoms with E-state index in [0.29, 0.717) is 17.0 Å². The predicted octanol–water partition coefficient (Wildman–Crippen LogP) is 4.99. The van der Waals surface area contributed by atoms with Gasteiger partial charge in [-0.3, -0.25) is 9.59 Å². The summed E-state index contributed by atoms with van der Waals surface area (Å²) in [5.41, 5.74) is 4.63. The van der Waals surface area contributed by atoms with E-state index in [4.69, 9.17) is 0 Å². The number of rotatable bonds is 5. The Morgan fingerprint density at radius 1 is 0.897 bits per heavy atom. The van der Waals surface area contributed by atoms with E-state index in [-0.39, 0.29) is 5.56 Å². The van der Waals surface area contributed by atoms with Crippen molar-refractivity contribution in [1.29, 1.82) is 0 Å². The van der Waals surface area contributed by atoms with Crippen molar-refractivity contribution >= 4 is 39.1 Å². The van der Waals surface area contributed by atoms with E-state index in [1.54, 1.807) is 31.2 Å². The highest BCUT2D eigenvalue weighted by atomic mass is 79.9. The van der Waals surface area contributed by atoms with E-state index < -0.39 is 17.6 Å². The van der Waals surface area contributed by atoms with Crippen LogP contribution >= 0.6 is 15.9 Å². The number of nitrogens with one attached hydrogen (secondary N) is 2. The molecular weight excluding hydrogens is 437 g/mol. The van der Waals surface area contributed by atoms with Crippen molar-refractivity contribution in [3.63, 3.8) is 0 Å². The molecule has 7 heteroatoms. The monoisotopic (exact) mass is 453 g/mol. The molecule has 3 aromatic carbocycles. The number of amides is 2. The lowest BCUT2D eigenvalue weighted by Gasteiger charge is -2.08. The van der Waals surface area contributed by atoms with Crippen LogP contribution in [0.15, 0.2) is 82.4 Å². The molecule has 0 aliphatic rings. The molecule has 0 aliphatic heterocycles. The van der Waals surface area contributed by atoms with E-state index in [1.807, 2.05) is 24.3 Å². The van der Waals surface area contributed by atoms with Gasteiger partial charge in [-0.2, -0.15) is 5.10 Å². The molecule has 0 saturated heterocycles. The summed E-state index contributed by atoms with van der Waals surface area (Å²) in [6, 6.07) is 19.6. The van der Waals surface area contributed by atoms with Crippen molar-refractivity contribution in [3.8, 4) is 0 Å². The number of hydrogen-bond donors (Lipinski definition) is 2. The molecule has 2 N–H and O–H groups in total. The summed E-state index contributed by atoms with van der Waals surface area (Å²) >= 11 is 3.37. The first kappa shape index (κ1) is 20.4. The number of hydrogen-bond acceptors (Lipinski definition) is 3. The van der Waals surface area contributed by atoms with Crippen LogP contribution in [0, 0.1) is 5.82 Å². The molecule has 0 heterocycles. The van der Waals surface area contributed by atoms with Crippen LogP contribution in [0.4, 0.5) is 10.1 Å². The van der Waals surface area contributed by atoms with Gasteiger partial charge in [0.05, 0.1) is 11.3 Å². The van der Waals surface area contributed by atoms with E-state index in [0.717, 1.165) is 10.0 Å². The molecule has 0 saturated carbocycles. The normalized spacial score (nSPS) is 11.1. The standard InChI is InChI=1S/C22H17BrFN3O2/c1-14(15-9-11-17(23)12-10-15)26-27-21(28)16-5-4-6-18(13-16)25-22(29)19-7-2-3-8-20(19)24/h2-13H,1H3,(H,25,29)(H,27,28)/b26-14+. The second kappa shape index (κ2) is 9.25. The Morgan fingerprint density at radius 3 is 2.34 bits per heavy atom. The first-order valence-electron chi connectivity index (χ1n) is 8.70. The van der Waals surface area contributed by atoms with Gasteiger partial charge in [-0.05, 0) is 55.0 Å². The zero-order chi connectivity index (χ0) is 20.8. The van der Waals surface area contributed by atoms with Gasteiger partial charge < -0.3 is 5.32 Å². The number of anilines is 1. The van der Waals surface area contributed by atoms with Gasteiger partial charge in [0.25, 0.3) is 11.8 Å². The molecule has 3 aromatic rings. The number of halogens is 2. The molecular formula is C22H17BrFN3O2. The Morgan fingerprint density at radius 2 is 1.62 bits per heavy atom. The van der Waals surface area contributed by atoms with Crippen LogP contribution in [0.1, 0.15) is 33.2 Å². The zero-order valence-corrected chi connectivity index (χ0v) is 17.0. The smallest absolute Gasteiger partial charge is 0.271 e. The topological polar surface area (TPSA) is 70.6 Å². The molecule has 3 rings (SSSR count). The fourth-order valence-electron chi connectivity index (χ4n) is 2.54. The van der Waals surface area contributed by atoms with Gasteiger partial charge >= 0.3 is 0 Å². The van der Waals surface area contributed by atoms with E-state index in [1.165, 1.54) is 24.3 Å².